The van der Waals surface area contributed by atoms with E-state index in [9.17, 15) is 9.18 Å². The van der Waals surface area contributed by atoms with Gasteiger partial charge < -0.3 is 5.32 Å². The molecule has 0 radical (unpaired) electrons. The standard InChI is InChI=1S/C15H14FN5OS/c1-9(18-15(22)14-8-23-20-19-14)13-7-17-21(10(13)2)12-5-3-11(16)4-6-12/h3-9H,1-2H3,(H,18,22)/t9-/m1/s1. The summed E-state index contributed by atoms with van der Waals surface area (Å²) in [6.07, 6.45) is 1.70. The number of aromatic nitrogens is 4. The van der Waals surface area contributed by atoms with Crippen LogP contribution in [0.15, 0.2) is 35.8 Å². The number of rotatable bonds is 4. The van der Waals surface area contributed by atoms with Crippen molar-refractivity contribution >= 4 is 17.4 Å². The van der Waals surface area contributed by atoms with E-state index in [0.29, 0.717) is 5.69 Å². The summed E-state index contributed by atoms with van der Waals surface area (Å²) in [6.45, 7) is 3.77. The Bertz CT molecular complexity index is 813. The van der Waals surface area contributed by atoms with Crippen molar-refractivity contribution in [3.63, 3.8) is 0 Å². The smallest absolute Gasteiger partial charge is 0.273 e. The molecule has 8 heteroatoms. The first-order valence-electron chi connectivity index (χ1n) is 6.94. The number of halogens is 1. The second-order valence-corrected chi connectivity index (χ2v) is 5.67. The molecule has 2 aromatic heterocycles. The number of hydrogen-bond acceptors (Lipinski definition) is 5. The number of benzene rings is 1. The molecular weight excluding hydrogens is 317 g/mol. The van der Waals surface area contributed by atoms with Crippen LogP contribution >= 0.6 is 11.5 Å². The Morgan fingerprint density at radius 3 is 2.74 bits per heavy atom. The Morgan fingerprint density at radius 2 is 2.09 bits per heavy atom. The van der Waals surface area contributed by atoms with Gasteiger partial charge in [0.1, 0.15) is 5.82 Å². The van der Waals surface area contributed by atoms with E-state index in [1.807, 2.05) is 13.8 Å². The molecule has 1 amide bonds. The fraction of sp³-hybridized carbons (Fsp3) is 0.200. The quantitative estimate of drug-likeness (QED) is 0.798. The summed E-state index contributed by atoms with van der Waals surface area (Å²) in [6, 6.07) is 5.85. The van der Waals surface area contributed by atoms with Gasteiger partial charge in [-0.25, -0.2) is 9.07 Å². The van der Waals surface area contributed by atoms with Gasteiger partial charge in [-0.15, -0.1) is 5.10 Å². The molecule has 3 aromatic rings. The summed E-state index contributed by atoms with van der Waals surface area (Å²) in [5, 5.41) is 12.5. The van der Waals surface area contributed by atoms with Crippen molar-refractivity contribution in [1.82, 2.24) is 24.7 Å². The van der Waals surface area contributed by atoms with Crippen LogP contribution in [0.1, 0.15) is 34.7 Å². The molecule has 0 aliphatic rings. The molecule has 1 aromatic carbocycles. The summed E-state index contributed by atoms with van der Waals surface area (Å²) >= 11 is 1.13. The minimum Gasteiger partial charge on any atom is -0.344 e. The van der Waals surface area contributed by atoms with Gasteiger partial charge >= 0.3 is 0 Å². The second-order valence-electron chi connectivity index (χ2n) is 5.06. The number of nitrogens with zero attached hydrogens (tertiary/aromatic N) is 4. The summed E-state index contributed by atoms with van der Waals surface area (Å²) in [5.74, 6) is -0.573. The van der Waals surface area contributed by atoms with E-state index >= 15 is 0 Å². The van der Waals surface area contributed by atoms with Gasteiger partial charge in [0, 0.05) is 16.6 Å². The Morgan fingerprint density at radius 1 is 1.35 bits per heavy atom. The van der Waals surface area contributed by atoms with Crippen molar-refractivity contribution in [2.75, 3.05) is 0 Å². The van der Waals surface area contributed by atoms with Gasteiger partial charge in [-0.1, -0.05) is 4.49 Å². The molecule has 3 rings (SSSR count). The maximum Gasteiger partial charge on any atom is 0.273 e. The highest BCUT2D eigenvalue weighted by atomic mass is 32.1. The van der Waals surface area contributed by atoms with E-state index in [1.54, 1.807) is 28.4 Å². The summed E-state index contributed by atoms with van der Waals surface area (Å²) in [5.41, 5.74) is 2.81. The van der Waals surface area contributed by atoms with Crippen LogP contribution in [0.3, 0.4) is 0 Å². The van der Waals surface area contributed by atoms with Crippen LogP contribution in [-0.2, 0) is 0 Å². The highest BCUT2D eigenvalue weighted by Gasteiger charge is 2.18. The number of nitrogens with one attached hydrogen (secondary N) is 1. The van der Waals surface area contributed by atoms with Crippen LogP contribution < -0.4 is 5.32 Å². The van der Waals surface area contributed by atoms with Crippen molar-refractivity contribution in [2.45, 2.75) is 19.9 Å². The molecule has 1 atom stereocenters. The van der Waals surface area contributed by atoms with Crippen LogP contribution in [0.25, 0.3) is 5.69 Å². The average Bonchev–Trinajstić information content (AvgIpc) is 3.18. The molecule has 0 fully saturated rings. The number of carbonyl (C=O) groups is 1. The van der Waals surface area contributed by atoms with Gasteiger partial charge in [-0.3, -0.25) is 4.79 Å². The van der Waals surface area contributed by atoms with Crippen molar-refractivity contribution in [3.8, 4) is 5.69 Å². The average molecular weight is 331 g/mol. The largest absolute Gasteiger partial charge is 0.344 e. The third kappa shape index (κ3) is 3.11. The first-order chi connectivity index (χ1) is 11.1. The molecule has 6 nitrogen and oxygen atoms in total. The van der Waals surface area contributed by atoms with Crippen LogP contribution in [0.5, 0.6) is 0 Å². The number of amides is 1. The lowest BCUT2D eigenvalue weighted by molar-refractivity contribution is 0.0935. The summed E-state index contributed by atoms with van der Waals surface area (Å²) in [4.78, 5) is 12.0. The van der Waals surface area contributed by atoms with E-state index in [4.69, 9.17) is 0 Å². The number of carbonyl (C=O) groups excluding carboxylic acids is 1. The topological polar surface area (TPSA) is 72.7 Å². The van der Waals surface area contributed by atoms with E-state index in [1.165, 1.54) is 12.1 Å². The lowest BCUT2D eigenvalue weighted by Gasteiger charge is -2.13. The van der Waals surface area contributed by atoms with E-state index in [2.05, 4.69) is 20.0 Å². The molecule has 0 aliphatic heterocycles. The highest BCUT2D eigenvalue weighted by molar-refractivity contribution is 7.03. The molecule has 118 valence electrons. The van der Waals surface area contributed by atoms with Gasteiger partial charge in [0.2, 0.25) is 0 Å². The Hall–Kier alpha value is -2.61. The fourth-order valence-corrected chi connectivity index (χ4v) is 2.74. The molecule has 0 saturated carbocycles. The van der Waals surface area contributed by atoms with E-state index in [-0.39, 0.29) is 17.8 Å². The van der Waals surface area contributed by atoms with Crippen LogP contribution in [0, 0.1) is 12.7 Å². The third-order valence-electron chi connectivity index (χ3n) is 3.53. The SMILES string of the molecule is Cc1c([C@@H](C)NC(=O)c2csnn2)cnn1-c1ccc(F)cc1. The first-order valence-corrected chi connectivity index (χ1v) is 7.78. The van der Waals surface area contributed by atoms with Crippen molar-refractivity contribution < 1.29 is 9.18 Å². The van der Waals surface area contributed by atoms with Crippen molar-refractivity contribution in [1.29, 1.82) is 0 Å². The zero-order valence-electron chi connectivity index (χ0n) is 12.5. The van der Waals surface area contributed by atoms with E-state index in [0.717, 1.165) is 28.5 Å². The van der Waals surface area contributed by atoms with Gasteiger partial charge in [0.05, 0.1) is 17.9 Å². The molecule has 0 bridgehead atoms. The molecule has 1 N–H and O–H groups in total. The Kier molecular flexibility index (Phi) is 4.16. The Labute approximate surface area is 136 Å². The monoisotopic (exact) mass is 331 g/mol. The molecule has 2 heterocycles. The van der Waals surface area contributed by atoms with Crippen molar-refractivity contribution in [3.05, 3.63) is 58.6 Å². The van der Waals surface area contributed by atoms with Gasteiger partial charge in [-0.05, 0) is 49.6 Å². The fourth-order valence-electron chi connectivity index (χ4n) is 2.30. The van der Waals surface area contributed by atoms with Gasteiger partial charge in [-0.2, -0.15) is 5.10 Å². The minimum atomic E-state index is -0.295. The zero-order valence-corrected chi connectivity index (χ0v) is 13.3. The lowest BCUT2D eigenvalue weighted by Crippen LogP contribution is -2.27. The molecule has 23 heavy (non-hydrogen) atoms. The minimum absolute atomic E-state index is 0.238. The molecule has 0 spiro atoms. The molecule has 0 aliphatic carbocycles. The summed E-state index contributed by atoms with van der Waals surface area (Å²) in [7, 11) is 0. The van der Waals surface area contributed by atoms with E-state index < -0.39 is 0 Å². The maximum absolute atomic E-state index is 13.0. The maximum atomic E-state index is 13.0. The van der Waals surface area contributed by atoms with Crippen molar-refractivity contribution in [2.24, 2.45) is 0 Å². The van der Waals surface area contributed by atoms with Crippen LogP contribution in [0.2, 0.25) is 0 Å². The van der Waals surface area contributed by atoms with Gasteiger partial charge in [0.15, 0.2) is 5.69 Å². The van der Waals surface area contributed by atoms with Crippen LogP contribution in [-0.4, -0.2) is 25.3 Å². The Balaban J connectivity index is 1.81. The highest BCUT2D eigenvalue weighted by Crippen LogP contribution is 2.20. The molecule has 0 unspecified atom stereocenters. The third-order valence-corrected chi connectivity index (χ3v) is 4.03. The zero-order chi connectivity index (χ0) is 16.4. The summed E-state index contributed by atoms with van der Waals surface area (Å²) < 4.78 is 18.4. The predicted octanol–water partition coefficient (Wildman–Crippen LogP) is 2.66. The van der Waals surface area contributed by atoms with Gasteiger partial charge in [0.25, 0.3) is 5.91 Å². The van der Waals surface area contributed by atoms with Crippen LogP contribution in [0.4, 0.5) is 4.39 Å². The molecule has 0 saturated heterocycles. The number of hydrogen-bond donors (Lipinski definition) is 1. The lowest BCUT2D eigenvalue weighted by atomic mass is 10.1. The second kappa shape index (κ2) is 6.25. The molecular formula is C15H14FN5OS. The predicted molar refractivity (Wildman–Crippen MR) is 84.0 cm³/mol. The normalized spacial score (nSPS) is 12.1. The first kappa shape index (κ1) is 15.3.